The highest BCUT2D eigenvalue weighted by Crippen LogP contribution is 2.39. The van der Waals surface area contributed by atoms with E-state index in [-0.39, 0.29) is 5.25 Å². The molecule has 0 aromatic rings. The van der Waals surface area contributed by atoms with Gasteiger partial charge in [0.05, 0.1) is 13.1 Å². The first-order valence-electron chi connectivity index (χ1n) is 4.62. The van der Waals surface area contributed by atoms with Gasteiger partial charge in [0.15, 0.2) is 0 Å². The van der Waals surface area contributed by atoms with Crippen molar-refractivity contribution in [2.24, 2.45) is 15.9 Å². The van der Waals surface area contributed by atoms with Crippen LogP contribution in [0.15, 0.2) is 9.98 Å². The average Bonchev–Trinajstić information content (AvgIpc) is 2.25. The van der Waals surface area contributed by atoms with Crippen LogP contribution in [0.5, 0.6) is 0 Å². The van der Waals surface area contributed by atoms with Gasteiger partial charge in [-0.1, -0.05) is 0 Å². The van der Waals surface area contributed by atoms with E-state index in [1.807, 2.05) is 11.8 Å². The maximum Gasteiger partial charge on any atom is 0.234 e. The lowest BCUT2D eigenvalue weighted by Gasteiger charge is -2.31. The number of carbonyl (C=O) groups excluding carboxylic acids is 2. The molecule has 0 radical (unpaired) electrons. The molecular weight excluding hydrogens is 232 g/mol. The summed E-state index contributed by atoms with van der Waals surface area (Å²) < 4.78 is 0.508. The van der Waals surface area contributed by atoms with Crippen molar-refractivity contribution in [3.8, 4) is 0 Å². The molecule has 6 heteroatoms. The van der Waals surface area contributed by atoms with Crippen LogP contribution in [0.4, 0.5) is 0 Å². The van der Waals surface area contributed by atoms with Gasteiger partial charge in [0, 0.05) is 21.5 Å². The predicted molar refractivity (Wildman–Crippen MR) is 62.8 cm³/mol. The topological polar surface area (TPSA) is 58.9 Å². The normalized spacial score (nSPS) is 30.1. The Balaban J connectivity index is 2.56. The Morgan fingerprint density at radius 1 is 1.27 bits per heavy atom. The van der Waals surface area contributed by atoms with Crippen LogP contribution >= 0.6 is 23.5 Å². The van der Waals surface area contributed by atoms with Gasteiger partial charge < -0.3 is 0 Å². The summed E-state index contributed by atoms with van der Waals surface area (Å²) in [5.74, 6) is 1.26. The lowest BCUT2D eigenvalue weighted by Crippen LogP contribution is -2.31. The van der Waals surface area contributed by atoms with E-state index in [0.717, 1.165) is 5.75 Å². The summed E-state index contributed by atoms with van der Waals surface area (Å²) in [6.45, 7) is 3.08. The zero-order valence-corrected chi connectivity index (χ0v) is 10.0. The van der Waals surface area contributed by atoms with Gasteiger partial charge in [0.25, 0.3) is 0 Å². The van der Waals surface area contributed by atoms with Gasteiger partial charge in [-0.05, 0) is 6.92 Å². The quantitative estimate of drug-likeness (QED) is 0.555. The maximum absolute atomic E-state index is 10.1. The first-order chi connectivity index (χ1) is 7.27. The van der Waals surface area contributed by atoms with Crippen LogP contribution in [0.2, 0.25) is 0 Å². The minimum Gasteiger partial charge on any atom is -0.211 e. The minimum atomic E-state index is 0.264. The Morgan fingerprint density at radius 2 is 1.93 bits per heavy atom. The predicted octanol–water partition coefficient (Wildman–Crippen LogP) is 1.47. The number of rotatable bonds is 4. The molecule has 0 bridgehead atoms. The van der Waals surface area contributed by atoms with Gasteiger partial charge >= 0.3 is 0 Å². The Labute approximate surface area is 97.0 Å². The summed E-state index contributed by atoms with van der Waals surface area (Å²) in [6, 6.07) is 0. The molecule has 3 unspecified atom stereocenters. The molecule has 15 heavy (non-hydrogen) atoms. The van der Waals surface area contributed by atoms with Gasteiger partial charge in [-0.3, -0.25) is 0 Å². The van der Waals surface area contributed by atoms with Crippen LogP contribution < -0.4 is 0 Å². The minimum absolute atomic E-state index is 0.264. The molecular formula is C9H12N2O2S2. The zero-order chi connectivity index (χ0) is 11.1. The molecule has 1 heterocycles. The molecule has 0 N–H and O–H groups in total. The number of hydrogen-bond acceptors (Lipinski definition) is 6. The van der Waals surface area contributed by atoms with Crippen molar-refractivity contribution in [1.82, 2.24) is 0 Å². The fraction of sp³-hybridized carbons (Fsp3) is 0.778. The summed E-state index contributed by atoms with van der Waals surface area (Å²) in [6.07, 6.45) is 3.10. The molecule has 1 aliphatic heterocycles. The first-order valence-corrected chi connectivity index (χ1v) is 6.61. The number of hydrogen-bond donors (Lipinski definition) is 0. The second-order valence-corrected chi connectivity index (χ2v) is 6.46. The SMILES string of the molecule is CC1SCC(CN=C=O)C(CN=C=O)S1. The second kappa shape index (κ2) is 6.85. The van der Waals surface area contributed by atoms with E-state index in [2.05, 4.69) is 16.9 Å². The van der Waals surface area contributed by atoms with Crippen LogP contribution in [-0.2, 0) is 9.59 Å². The lowest BCUT2D eigenvalue weighted by atomic mass is 10.1. The maximum atomic E-state index is 10.1. The van der Waals surface area contributed by atoms with Crippen LogP contribution in [-0.4, -0.2) is 40.8 Å². The summed E-state index contributed by atoms with van der Waals surface area (Å²) in [7, 11) is 0. The summed E-state index contributed by atoms with van der Waals surface area (Å²) in [5, 5.41) is 0.264. The monoisotopic (exact) mass is 244 g/mol. The van der Waals surface area contributed by atoms with E-state index >= 15 is 0 Å². The molecule has 1 rings (SSSR count). The molecule has 0 spiro atoms. The number of nitrogens with zero attached hydrogens (tertiary/aromatic N) is 2. The first kappa shape index (κ1) is 12.5. The fourth-order valence-corrected chi connectivity index (χ4v) is 4.42. The number of isocyanates is 2. The van der Waals surface area contributed by atoms with Crippen molar-refractivity contribution in [3.63, 3.8) is 0 Å². The highest BCUT2D eigenvalue weighted by Gasteiger charge is 2.29. The van der Waals surface area contributed by atoms with Crippen molar-refractivity contribution in [2.45, 2.75) is 16.8 Å². The van der Waals surface area contributed by atoms with Crippen LogP contribution in [0.3, 0.4) is 0 Å². The van der Waals surface area contributed by atoms with Crippen LogP contribution in [0.25, 0.3) is 0 Å². The molecule has 1 saturated heterocycles. The van der Waals surface area contributed by atoms with Crippen molar-refractivity contribution < 1.29 is 9.59 Å². The molecule has 0 aromatic carbocycles. The van der Waals surface area contributed by atoms with Crippen LogP contribution in [0, 0.1) is 5.92 Å². The van der Waals surface area contributed by atoms with E-state index in [1.165, 1.54) is 0 Å². The van der Waals surface area contributed by atoms with E-state index in [4.69, 9.17) is 0 Å². The molecule has 0 amide bonds. The Hall–Kier alpha value is -0.540. The molecule has 4 nitrogen and oxygen atoms in total. The Bertz CT molecular complexity index is 298. The lowest BCUT2D eigenvalue weighted by molar-refractivity contribution is 0.541. The van der Waals surface area contributed by atoms with E-state index in [1.54, 1.807) is 23.9 Å². The summed E-state index contributed by atoms with van der Waals surface area (Å²) in [4.78, 5) is 27.3. The third-order valence-corrected chi connectivity index (χ3v) is 5.26. The van der Waals surface area contributed by atoms with Crippen molar-refractivity contribution >= 4 is 35.7 Å². The number of thioether (sulfide) groups is 2. The molecule has 1 fully saturated rings. The molecule has 1 aliphatic rings. The van der Waals surface area contributed by atoms with E-state index < -0.39 is 0 Å². The smallest absolute Gasteiger partial charge is 0.211 e. The van der Waals surface area contributed by atoms with Crippen molar-refractivity contribution in [3.05, 3.63) is 0 Å². The molecule has 82 valence electrons. The van der Waals surface area contributed by atoms with E-state index in [9.17, 15) is 9.59 Å². The van der Waals surface area contributed by atoms with Crippen molar-refractivity contribution in [2.75, 3.05) is 18.8 Å². The van der Waals surface area contributed by atoms with Gasteiger partial charge in [0.1, 0.15) is 0 Å². The highest BCUT2D eigenvalue weighted by atomic mass is 32.2. The van der Waals surface area contributed by atoms with Gasteiger partial charge in [0.2, 0.25) is 12.2 Å². The standard InChI is InChI=1S/C9H12N2O2S2/c1-7-14-4-8(2-10-5-12)9(15-7)3-11-6-13/h7-9H,2-4H2,1H3. The van der Waals surface area contributed by atoms with Gasteiger partial charge in [-0.2, -0.15) is 0 Å². The third-order valence-electron chi connectivity index (χ3n) is 2.16. The summed E-state index contributed by atoms with van der Waals surface area (Å²) >= 11 is 3.63. The molecule has 3 atom stereocenters. The highest BCUT2D eigenvalue weighted by molar-refractivity contribution is 8.17. The average molecular weight is 244 g/mol. The fourth-order valence-electron chi connectivity index (χ4n) is 1.41. The molecule has 0 saturated carbocycles. The van der Waals surface area contributed by atoms with Gasteiger partial charge in [-0.15, -0.1) is 23.5 Å². The Kier molecular flexibility index (Phi) is 5.73. The Morgan fingerprint density at radius 3 is 2.60 bits per heavy atom. The van der Waals surface area contributed by atoms with Crippen LogP contribution in [0.1, 0.15) is 6.92 Å². The largest absolute Gasteiger partial charge is 0.234 e. The zero-order valence-electron chi connectivity index (χ0n) is 8.38. The van der Waals surface area contributed by atoms with Crippen molar-refractivity contribution in [1.29, 1.82) is 0 Å². The summed E-state index contributed by atoms with van der Waals surface area (Å²) in [5.41, 5.74) is 0. The molecule has 0 aliphatic carbocycles. The van der Waals surface area contributed by atoms with E-state index in [0.29, 0.717) is 23.6 Å². The number of aliphatic imine (C=N–C) groups is 2. The third kappa shape index (κ3) is 4.22. The second-order valence-electron chi connectivity index (χ2n) is 3.20. The molecule has 0 aromatic heterocycles. The van der Waals surface area contributed by atoms with Gasteiger partial charge in [-0.25, -0.2) is 19.6 Å².